The summed E-state index contributed by atoms with van der Waals surface area (Å²) in [5, 5.41) is 8.58. The molecule has 0 atom stereocenters. The second-order valence-electron chi connectivity index (χ2n) is 4.61. The number of nitrogens with zero attached hydrogens (tertiary/aromatic N) is 1. The van der Waals surface area contributed by atoms with Crippen molar-refractivity contribution in [3.8, 4) is 11.1 Å². The van der Waals surface area contributed by atoms with Crippen molar-refractivity contribution in [1.82, 2.24) is 4.57 Å². The third kappa shape index (κ3) is 3.07. The molecule has 1 heterocycles. The molecule has 1 N–H and O–H groups in total. The van der Waals surface area contributed by atoms with Crippen molar-refractivity contribution in [1.29, 1.82) is 0 Å². The van der Waals surface area contributed by atoms with Crippen molar-refractivity contribution >= 4 is 17.6 Å². The van der Waals surface area contributed by atoms with Crippen LogP contribution in [-0.2, 0) is 13.2 Å². The number of hydrogen-bond donors (Lipinski definition) is 1. The summed E-state index contributed by atoms with van der Waals surface area (Å²) in [6, 6.07) is 2.91. The molecule has 23 heavy (non-hydrogen) atoms. The number of aromatic carboxylic acids is 1. The van der Waals surface area contributed by atoms with E-state index in [-0.39, 0.29) is 5.02 Å². The number of pyridine rings is 1. The summed E-state index contributed by atoms with van der Waals surface area (Å²) in [6.07, 6.45) is -4.75. The van der Waals surface area contributed by atoms with Gasteiger partial charge in [0.05, 0.1) is 16.1 Å². The number of aromatic nitrogens is 1. The Hall–Kier alpha value is -2.35. The van der Waals surface area contributed by atoms with Gasteiger partial charge >= 0.3 is 12.1 Å². The molecule has 0 radical (unpaired) electrons. The van der Waals surface area contributed by atoms with Crippen molar-refractivity contribution < 1.29 is 27.5 Å². The smallest absolute Gasteiger partial charge is 0.431 e. The largest absolute Gasteiger partial charge is 0.478 e. The molecule has 1 aromatic carbocycles. The molecule has 0 spiro atoms. The lowest BCUT2D eigenvalue weighted by Gasteiger charge is -2.13. The fraction of sp³-hybridized carbons (Fsp3) is 0.143. The lowest BCUT2D eigenvalue weighted by molar-refractivity contribution is -0.143. The van der Waals surface area contributed by atoms with Gasteiger partial charge in [-0.2, -0.15) is 13.2 Å². The van der Waals surface area contributed by atoms with Crippen LogP contribution in [0.5, 0.6) is 0 Å². The van der Waals surface area contributed by atoms with Gasteiger partial charge in [-0.3, -0.25) is 4.79 Å². The average Bonchev–Trinajstić information content (AvgIpc) is 2.40. The number of carbonyl (C=O) groups is 1. The topological polar surface area (TPSA) is 59.3 Å². The van der Waals surface area contributed by atoms with E-state index in [9.17, 15) is 27.2 Å². The van der Waals surface area contributed by atoms with Gasteiger partial charge in [0.15, 0.2) is 0 Å². The molecular formula is C14H8ClF4NO3. The molecule has 4 nitrogen and oxygen atoms in total. The highest BCUT2D eigenvalue weighted by Crippen LogP contribution is 2.31. The third-order valence-corrected chi connectivity index (χ3v) is 3.48. The van der Waals surface area contributed by atoms with Crippen LogP contribution < -0.4 is 5.56 Å². The summed E-state index contributed by atoms with van der Waals surface area (Å²) in [5.41, 5.74) is -3.64. The summed E-state index contributed by atoms with van der Waals surface area (Å²) in [4.78, 5) is 23.1. The monoisotopic (exact) mass is 349 g/mol. The highest BCUT2D eigenvalue weighted by Gasteiger charge is 2.34. The molecule has 122 valence electrons. The molecule has 0 fully saturated rings. The minimum Gasteiger partial charge on any atom is -0.478 e. The summed E-state index contributed by atoms with van der Waals surface area (Å²) in [7, 11) is 0.889. The molecule has 0 amide bonds. The van der Waals surface area contributed by atoms with Crippen LogP contribution in [0.2, 0.25) is 5.02 Å². The number of halogens is 5. The van der Waals surface area contributed by atoms with Gasteiger partial charge in [0.1, 0.15) is 11.5 Å². The first-order valence-electron chi connectivity index (χ1n) is 6.04. The minimum absolute atomic E-state index is 0.323. The van der Waals surface area contributed by atoms with E-state index in [1.165, 1.54) is 0 Å². The van der Waals surface area contributed by atoms with E-state index in [0.29, 0.717) is 16.7 Å². The maximum atomic E-state index is 14.0. The number of carboxylic acid groups (broad SMARTS) is 1. The van der Waals surface area contributed by atoms with Crippen LogP contribution in [0.15, 0.2) is 29.1 Å². The van der Waals surface area contributed by atoms with Crippen LogP contribution in [0.25, 0.3) is 11.1 Å². The van der Waals surface area contributed by atoms with Crippen LogP contribution >= 0.6 is 11.6 Å². The number of hydrogen-bond acceptors (Lipinski definition) is 2. The fourth-order valence-electron chi connectivity index (χ4n) is 2.04. The summed E-state index contributed by atoms with van der Waals surface area (Å²) < 4.78 is 52.5. The minimum atomic E-state index is -4.75. The van der Waals surface area contributed by atoms with Gasteiger partial charge in [0.2, 0.25) is 0 Å². The third-order valence-electron chi connectivity index (χ3n) is 3.17. The zero-order valence-corrected chi connectivity index (χ0v) is 12.2. The normalized spacial score (nSPS) is 11.6. The standard InChI is InChI=1S/C14H8ClF4NO3/c1-20-11(14(17,18)19)3-2-6(12(20)21)7-4-8(13(22)23)9(15)5-10(7)16/h2-5H,1H3,(H,22,23). The molecule has 9 heteroatoms. The van der Waals surface area contributed by atoms with Crippen LogP contribution in [0, 0.1) is 5.82 Å². The molecule has 0 saturated heterocycles. The summed E-state index contributed by atoms with van der Waals surface area (Å²) in [6.45, 7) is 0. The Labute approximate surface area is 131 Å². The fourth-order valence-corrected chi connectivity index (χ4v) is 2.28. The first-order valence-corrected chi connectivity index (χ1v) is 6.41. The first-order chi connectivity index (χ1) is 10.5. The second-order valence-corrected chi connectivity index (χ2v) is 5.02. The van der Waals surface area contributed by atoms with Gasteiger partial charge in [-0.1, -0.05) is 11.6 Å². The zero-order valence-electron chi connectivity index (χ0n) is 11.4. The van der Waals surface area contributed by atoms with Gasteiger partial charge in [0.25, 0.3) is 5.56 Å². The molecule has 0 aliphatic heterocycles. The Morgan fingerprint density at radius 3 is 2.35 bits per heavy atom. The molecule has 0 aliphatic carbocycles. The predicted molar refractivity (Wildman–Crippen MR) is 74.0 cm³/mol. The molecule has 0 unspecified atom stereocenters. The molecule has 1 aromatic heterocycles. The first kappa shape index (κ1) is 17.0. The number of benzene rings is 1. The van der Waals surface area contributed by atoms with Crippen molar-refractivity contribution in [2.45, 2.75) is 6.18 Å². The van der Waals surface area contributed by atoms with Gasteiger partial charge in [-0.05, 0) is 24.3 Å². The van der Waals surface area contributed by atoms with Crippen LogP contribution in [0.4, 0.5) is 17.6 Å². The van der Waals surface area contributed by atoms with Crippen LogP contribution in [0.3, 0.4) is 0 Å². The molecule has 0 aliphatic rings. The molecule has 0 saturated carbocycles. The second kappa shape index (κ2) is 5.69. The number of alkyl halides is 3. The highest BCUT2D eigenvalue weighted by atomic mass is 35.5. The Morgan fingerprint density at radius 1 is 1.22 bits per heavy atom. The number of carboxylic acids is 1. The average molecular weight is 350 g/mol. The van der Waals surface area contributed by atoms with E-state index in [0.717, 1.165) is 19.2 Å². The van der Waals surface area contributed by atoms with Crippen molar-refractivity contribution in [2.24, 2.45) is 7.05 Å². The summed E-state index contributed by atoms with van der Waals surface area (Å²) >= 11 is 5.59. The number of rotatable bonds is 2. The zero-order chi connectivity index (χ0) is 17.5. The molecule has 2 aromatic rings. The predicted octanol–water partition coefficient (Wildman–Crippen LogP) is 3.56. The molecule has 2 rings (SSSR count). The molecular weight excluding hydrogens is 342 g/mol. The van der Waals surface area contributed by atoms with E-state index in [1.54, 1.807) is 0 Å². The van der Waals surface area contributed by atoms with E-state index < -0.39 is 45.9 Å². The lowest BCUT2D eigenvalue weighted by atomic mass is 10.0. The summed E-state index contributed by atoms with van der Waals surface area (Å²) in [5.74, 6) is -2.48. The van der Waals surface area contributed by atoms with Gasteiger partial charge in [-0.25, -0.2) is 9.18 Å². The van der Waals surface area contributed by atoms with Gasteiger partial charge < -0.3 is 9.67 Å². The van der Waals surface area contributed by atoms with Crippen LogP contribution in [-0.4, -0.2) is 15.6 Å². The van der Waals surface area contributed by atoms with Crippen molar-refractivity contribution in [3.05, 3.63) is 56.7 Å². The lowest BCUT2D eigenvalue weighted by Crippen LogP contribution is -2.26. The van der Waals surface area contributed by atoms with Crippen molar-refractivity contribution in [2.75, 3.05) is 0 Å². The van der Waals surface area contributed by atoms with E-state index >= 15 is 0 Å². The highest BCUT2D eigenvalue weighted by molar-refractivity contribution is 6.33. The van der Waals surface area contributed by atoms with Gasteiger partial charge in [0, 0.05) is 12.6 Å². The Kier molecular flexibility index (Phi) is 4.21. The van der Waals surface area contributed by atoms with E-state index in [1.807, 2.05) is 0 Å². The van der Waals surface area contributed by atoms with E-state index in [4.69, 9.17) is 16.7 Å². The van der Waals surface area contributed by atoms with Crippen molar-refractivity contribution in [3.63, 3.8) is 0 Å². The maximum absolute atomic E-state index is 14.0. The quantitative estimate of drug-likeness (QED) is 0.843. The van der Waals surface area contributed by atoms with E-state index in [2.05, 4.69) is 0 Å². The Balaban J connectivity index is 2.74. The Bertz CT molecular complexity index is 858. The molecule has 0 bridgehead atoms. The van der Waals surface area contributed by atoms with Crippen LogP contribution in [0.1, 0.15) is 16.1 Å². The SMILES string of the molecule is Cn1c(C(F)(F)F)ccc(-c2cc(C(=O)O)c(Cl)cc2F)c1=O. The Morgan fingerprint density at radius 2 is 1.83 bits per heavy atom. The van der Waals surface area contributed by atoms with Gasteiger partial charge in [-0.15, -0.1) is 0 Å². The maximum Gasteiger partial charge on any atom is 0.431 e.